The number of imide groups is 1. The highest BCUT2D eigenvalue weighted by Gasteiger charge is 2.73. The summed E-state index contributed by atoms with van der Waals surface area (Å²) in [7, 11) is 0. The molecular formula is C30H36ClNO4. The SMILES string of the molecule is CC(C)C1=CC23CCC4C(C)(C(=O)O)CCCC4(C)C2CC1C1C(=O)N(c2ccccc2Cl)C(=O)C13. The van der Waals surface area contributed by atoms with E-state index in [2.05, 4.69) is 26.8 Å². The Balaban J connectivity index is 1.50. The number of hydrogen-bond donors (Lipinski definition) is 1. The molecule has 5 aliphatic carbocycles. The number of amides is 2. The molecule has 2 amide bonds. The van der Waals surface area contributed by atoms with Gasteiger partial charge in [-0.25, -0.2) is 4.90 Å². The van der Waals surface area contributed by atoms with Crippen molar-refractivity contribution in [3.05, 3.63) is 40.9 Å². The molecule has 192 valence electrons. The third-order valence-electron chi connectivity index (χ3n) is 11.3. The van der Waals surface area contributed by atoms with Gasteiger partial charge in [-0.05, 0) is 80.2 Å². The monoisotopic (exact) mass is 509 g/mol. The first-order valence-electron chi connectivity index (χ1n) is 13.6. The predicted molar refractivity (Wildman–Crippen MR) is 138 cm³/mol. The summed E-state index contributed by atoms with van der Waals surface area (Å²) in [5.74, 6) is -1.10. The molecule has 8 atom stereocenters. The molecule has 4 fully saturated rings. The second-order valence-electron chi connectivity index (χ2n) is 12.9. The quantitative estimate of drug-likeness (QED) is 0.380. The van der Waals surface area contributed by atoms with Crippen LogP contribution in [0.2, 0.25) is 5.02 Å². The second kappa shape index (κ2) is 7.69. The van der Waals surface area contributed by atoms with E-state index in [-0.39, 0.29) is 40.9 Å². The zero-order valence-corrected chi connectivity index (χ0v) is 22.3. The molecule has 1 saturated heterocycles. The van der Waals surface area contributed by atoms with Crippen LogP contribution < -0.4 is 4.90 Å². The van der Waals surface area contributed by atoms with Crippen LogP contribution in [0.4, 0.5) is 5.69 Å². The van der Waals surface area contributed by atoms with Crippen LogP contribution in [0, 0.1) is 51.8 Å². The van der Waals surface area contributed by atoms with Gasteiger partial charge in [-0.3, -0.25) is 14.4 Å². The Morgan fingerprint density at radius 1 is 1.08 bits per heavy atom. The summed E-state index contributed by atoms with van der Waals surface area (Å²) in [4.78, 5) is 42.2. The van der Waals surface area contributed by atoms with Crippen LogP contribution in [0.1, 0.15) is 66.2 Å². The number of allylic oxidation sites excluding steroid dienone is 2. The Labute approximate surface area is 218 Å². The van der Waals surface area contributed by atoms with Crippen molar-refractivity contribution in [1.29, 1.82) is 0 Å². The Bertz CT molecular complexity index is 1210. The summed E-state index contributed by atoms with van der Waals surface area (Å²) in [6.45, 7) is 8.62. The van der Waals surface area contributed by atoms with Gasteiger partial charge in [-0.2, -0.15) is 0 Å². The highest BCUT2D eigenvalue weighted by atomic mass is 35.5. The number of carboxylic acid groups (broad SMARTS) is 1. The Morgan fingerprint density at radius 2 is 1.81 bits per heavy atom. The molecule has 1 aromatic rings. The summed E-state index contributed by atoms with van der Waals surface area (Å²) in [6, 6.07) is 7.12. The normalized spacial score (nSPS) is 43.2. The Hall–Kier alpha value is -2.14. The van der Waals surface area contributed by atoms with Gasteiger partial charge in [0.15, 0.2) is 0 Å². The van der Waals surface area contributed by atoms with E-state index in [9.17, 15) is 19.5 Å². The van der Waals surface area contributed by atoms with E-state index in [4.69, 9.17) is 11.6 Å². The summed E-state index contributed by atoms with van der Waals surface area (Å²) >= 11 is 6.50. The first-order chi connectivity index (χ1) is 17.0. The van der Waals surface area contributed by atoms with Crippen LogP contribution in [0.15, 0.2) is 35.9 Å². The maximum absolute atomic E-state index is 14.2. The lowest BCUT2D eigenvalue weighted by atomic mass is 9.34. The summed E-state index contributed by atoms with van der Waals surface area (Å²) in [6.07, 6.45) is 7.40. The number of hydrogen-bond acceptors (Lipinski definition) is 3. The van der Waals surface area contributed by atoms with Gasteiger partial charge in [0.2, 0.25) is 11.8 Å². The highest BCUT2D eigenvalue weighted by Crippen LogP contribution is 2.74. The van der Waals surface area contributed by atoms with E-state index < -0.39 is 22.7 Å². The first kappa shape index (κ1) is 24.2. The lowest BCUT2D eigenvalue weighted by Gasteiger charge is -2.68. The van der Waals surface area contributed by atoms with Gasteiger partial charge in [0.1, 0.15) is 0 Å². The standard InChI is InChI=1S/C30H36ClNO4/c1-16(2)18-15-30-13-10-21-28(3,11-7-12-29(21,4)27(35)36)22(30)14-17(18)23-24(30)26(34)32(25(23)33)20-9-6-5-8-19(20)31/h5-6,8-9,15-17,21-24H,7,10-14H2,1-4H3,(H,35,36). The highest BCUT2D eigenvalue weighted by molar-refractivity contribution is 6.36. The number of aliphatic carboxylic acids is 1. The lowest BCUT2D eigenvalue weighted by Crippen LogP contribution is -2.65. The number of nitrogens with zero attached hydrogens (tertiary/aromatic N) is 1. The Kier molecular flexibility index (Phi) is 5.17. The topological polar surface area (TPSA) is 74.7 Å². The largest absolute Gasteiger partial charge is 0.481 e. The number of carbonyl (C=O) groups excluding carboxylic acids is 2. The fourth-order valence-corrected chi connectivity index (χ4v) is 10.0. The predicted octanol–water partition coefficient (Wildman–Crippen LogP) is 6.36. The van der Waals surface area contributed by atoms with E-state index in [1.807, 2.05) is 19.1 Å². The molecule has 7 rings (SSSR count). The minimum atomic E-state index is -0.742. The number of rotatable bonds is 3. The van der Waals surface area contributed by atoms with Gasteiger partial charge in [0, 0.05) is 5.41 Å². The third-order valence-corrected chi connectivity index (χ3v) is 11.6. The molecule has 6 aliphatic rings. The minimum Gasteiger partial charge on any atom is -0.481 e. The lowest BCUT2D eigenvalue weighted by molar-refractivity contribution is -0.194. The van der Waals surface area contributed by atoms with Crippen molar-refractivity contribution in [2.45, 2.75) is 66.2 Å². The first-order valence-corrected chi connectivity index (χ1v) is 13.9. The zero-order chi connectivity index (χ0) is 25.8. The van der Waals surface area contributed by atoms with Gasteiger partial charge in [0.05, 0.1) is 28.0 Å². The number of carbonyl (C=O) groups is 3. The van der Waals surface area contributed by atoms with Crippen molar-refractivity contribution < 1.29 is 19.5 Å². The molecule has 1 aromatic carbocycles. The number of carboxylic acids is 1. The van der Waals surface area contributed by atoms with Gasteiger partial charge >= 0.3 is 5.97 Å². The maximum Gasteiger partial charge on any atom is 0.309 e. The molecule has 5 nitrogen and oxygen atoms in total. The maximum atomic E-state index is 14.2. The number of fused-ring (bicyclic) bond motifs is 1. The van der Waals surface area contributed by atoms with Gasteiger partial charge in [-0.1, -0.05) is 62.6 Å². The molecule has 2 bridgehead atoms. The van der Waals surface area contributed by atoms with E-state index >= 15 is 0 Å². The van der Waals surface area contributed by atoms with Crippen molar-refractivity contribution in [1.82, 2.24) is 0 Å². The molecule has 0 aromatic heterocycles. The third kappa shape index (κ3) is 2.81. The Morgan fingerprint density at radius 3 is 2.47 bits per heavy atom. The minimum absolute atomic E-state index is 0.0133. The summed E-state index contributed by atoms with van der Waals surface area (Å²) in [5.41, 5.74) is 0.470. The molecule has 1 aliphatic heterocycles. The van der Waals surface area contributed by atoms with E-state index in [0.29, 0.717) is 23.0 Å². The van der Waals surface area contributed by atoms with E-state index in [1.165, 1.54) is 10.5 Å². The molecule has 1 N–H and O–H groups in total. The number of benzene rings is 1. The van der Waals surface area contributed by atoms with Crippen LogP contribution in [0.5, 0.6) is 0 Å². The van der Waals surface area contributed by atoms with Gasteiger partial charge in [-0.15, -0.1) is 0 Å². The van der Waals surface area contributed by atoms with Crippen LogP contribution in [0.3, 0.4) is 0 Å². The van der Waals surface area contributed by atoms with Gasteiger partial charge < -0.3 is 5.11 Å². The molecule has 0 radical (unpaired) electrons. The van der Waals surface area contributed by atoms with Crippen molar-refractivity contribution in [2.75, 3.05) is 4.90 Å². The van der Waals surface area contributed by atoms with Crippen LogP contribution in [-0.2, 0) is 14.4 Å². The van der Waals surface area contributed by atoms with Crippen LogP contribution in [0.25, 0.3) is 0 Å². The van der Waals surface area contributed by atoms with Crippen LogP contribution in [-0.4, -0.2) is 22.9 Å². The molecular weight excluding hydrogens is 474 g/mol. The zero-order valence-electron chi connectivity index (χ0n) is 21.6. The average Bonchev–Trinajstić information content (AvgIpc) is 3.10. The fraction of sp³-hybridized carbons (Fsp3) is 0.633. The summed E-state index contributed by atoms with van der Waals surface area (Å²) < 4.78 is 0. The van der Waals surface area contributed by atoms with E-state index in [1.54, 1.807) is 12.1 Å². The van der Waals surface area contributed by atoms with Crippen molar-refractivity contribution >= 4 is 35.1 Å². The average molecular weight is 510 g/mol. The fourth-order valence-electron chi connectivity index (χ4n) is 9.83. The molecule has 8 unspecified atom stereocenters. The molecule has 1 heterocycles. The second-order valence-corrected chi connectivity index (χ2v) is 13.4. The summed E-state index contributed by atoms with van der Waals surface area (Å²) in [5, 5.41) is 10.7. The number of para-hydroxylation sites is 1. The van der Waals surface area contributed by atoms with Gasteiger partial charge in [0.25, 0.3) is 0 Å². The van der Waals surface area contributed by atoms with Crippen molar-refractivity contribution in [3.63, 3.8) is 0 Å². The van der Waals surface area contributed by atoms with Crippen molar-refractivity contribution in [3.8, 4) is 0 Å². The number of halogens is 1. The molecule has 3 saturated carbocycles. The van der Waals surface area contributed by atoms with Crippen LogP contribution >= 0.6 is 11.6 Å². The molecule has 36 heavy (non-hydrogen) atoms. The molecule has 6 heteroatoms. The molecule has 1 spiro atoms. The van der Waals surface area contributed by atoms with Crippen molar-refractivity contribution in [2.24, 2.45) is 51.8 Å². The van der Waals surface area contributed by atoms with E-state index in [0.717, 1.165) is 32.1 Å². The number of anilines is 1. The smallest absolute Gasteiger partial charge is 0.309 e.